The molecule has 0 aromatic rings. The predicted molar refractivity (Wildman–Crippen MR) is 80.5 cm³/mol. The summed E-state index contributed by atoms with van der Waals surface area (Å²) >= 11 is 0. The van der Waals surface area contributed by atoms with Crippen LogP contribution in [0, 0.1) is 0 Å². The fourth-order valence-electron chi connectivity index (χ4n) is 3.94. The molecule has 0 bridgehead atoms. The molecule has 3 heteroatoms. The summed E-state index contributed by atoms with van der Waals surface area (Å²) in [7, 11) is 0. The van der Waals surface area contributed by atoms with E-state index in [1.807, 2.05) is 0 Å². The first kappa shape index (κ1) is 13.8. The van der Waals surface area contributed by atoms with E-state index in [9.17, 15) is 0 Å². The Morgan fingerprint density at radius 1 is 1.16 bits per heavy atom. The molecule has 1 aliphatic carbocycles. The number of piperidine rings is 1. The molecule has 1 saturated carbocycles. The van der Waals surface area contributed by atoms with Gasteiger partial charge in [0.05, 0.1) is 0 Å². The van der Waals surface area contributed by atoms with Crippen LogP contribution in [0.2, 0.25) is 0 Å². The van der Waals surface area contributed by atoms with Gasteiger partial charge in [-0.25, -0.2) is 0 Å². The number of rotatable bonds is 5. The standard InChI is InChI=1S/C16H31N3/c1-13(8-9-17-15-6-7-15)19-12-16-5-3-4-10-18(16)11-14(19)2/h13-17H,3-12H2,1-2H3. The molecule has 3 aliphatic rings. The zero-order valence-corrected chi connectivity index (χ0v) is 12.8. The molecule has 0 radical (unpaired) electrons. The van der Waals surface area contributed by atoms with Crippen LogP contribution in [0.4, 0.5) is 0 Å². The SMILES string of the molecule is CC(CCNC1CC1)N1CC2CCCCN2CC1C. The molecule has 3 fully saturated rings. The van der Waals surface area contributed by atoms with Crippen molar-refractivity contribution in [3.63, 3.8) is 0 Å². The van der Waals surface area contributed by atoms with Gasteiger partial charge in [-0.15, -0.1) is 0 Å². The van der Waals surface area contributed by atoms with Gasteiger partial charge in [-0.1, -0.05) is 6.42 Å². The Kier molecular flexibility index (Phi) is 4.45. The Hall–Kier alpha value is -0.120. The van der Waals surface area contributed by atoms with Crippen LogP contribution < -0.4 is 5.32 Å². The van der Waals surface area contributed by atoms with E-state index in [1.165, 1.54) is 64.7 Å². The minimum Gasteiger partial charge on any atom is -0.314 e. The summed E-state index contributed by atoms with van der Waals surface area (Å²) < 4.78 is 0. The lowest BCUT2D eigenvalue weighted by Gasteiger charge is -2.49. The molecule has 3 unspecified atom stereocenters. The van der Waals surface area contributed by atoms with Gasteiger partial charge in [0.15, 0.2) is 0 Å². The second-order valence-electron chi connectivity index (χ2n) is 7.06. The number of fused-ring (bicyclic) bond motifs is 1. The van der Waals surface area contributed by atoms with Crippen molar-refractivity contribution in [2.24, 2.45) is 0 Å². The third kappa shape index (κ3) is 3.50. The summed E-state index contributed by atoms with van der Waals surface area (Å²) in [5.41, 5.74) is 0. The third-order valence-electron chi connectivity index (χ3n) is 5.37. The van der Waals surface area contributed by atoms with E-state index < -0.39 is 0 Å². The first-order valence-electron chi connectivity index (χ1n) is 8.47. The van der Waals surface area contributed by atoms with Gasteiger partial charge in [-0.3, -0.25) is 9.80 Å². The minimum absolute atomic E-state index is 0.741. The molecule has 3 rings (SSSR count). The zero-order chi connectivity index (χ0) is 13.2. The normalized spacial score (nSPS) is 35.1. The van der Waals surface area contributed by atoms with E-state index >= 15 is 0 Å². The maximum atomic E-state index is 3.66. The van der Waals surface area contributed by atoms with Gasteiger partial charge >= 0.3 is 0 Å². The first-order valence-corrected chi connectivity index (χ1v) is 8.47. The van der Waals surface area contributed by atoms with Gasteiger partial charge in [-0.2, -0.15) is 0 Å². The van der Waals surface area contributed by atoms with E-state index in [0.29, 0.717) is 0 Å². The summed E-state index contributed by atoms with van der Waals surface area (Å²) in [6.45, 7) is 10.0. The van der Waals surface area contributed by atoms with Crippen LogP contribution in [0.25, 0.3) is 0 Å². The summed E-state index contributed by atoms with van der Waals surface area (Å²) in [5, 5.41) is 3.66. The number of hydrogen-bond acceptors (Lipinski definition) is 3. The molecule has 0 spiro atoms. The summed E-state index contributed by atoms with van der Waals surface area (Å²) in [6.07, 6.45) is 8.42. The molecule has 19 heavy (non-hydrogen) atoms. The summed E-state index contributed by atoms with van der Waals surface area (Å²) in [5.74, 6) is 0. The van der Waals surface area contributed by atoms with Crippen molar-refractivity contribution in [2.75, 3.05) is 26.2 Å². The monoisotopic (exact) mass is 265 g/mol. The topological polar surface area (TPSA) is 18.5 Å². The average molecular weight is 265 g/mol. The average Bonchev–Trinajstić information content (AvgIpc) is 3.22. The van der Waals surface area contributed by atoms with Crippen LogP contribution in [0.5, 0.6) is 0 Å². The van der Waals surface area contributed by atoms with E-state index in [4.69, 9.17) is 0 Å². The molecule has 2 aliphatic heterocycles. The van der Waals surface area contributed by atoms with Crippen molar-refractivity contribution in [3.05, 3.63) is 0 Å². The molecule has 0 amide bonds. The Labute approximate surface area is 118 Å². The fraction of sp³-hybridized carbons (Fsp3) is 1.00. The van der Waals surface area contributed by atoms with Crippen LogP contribution >= 0.6 is 0 Å². The first-order chi connectivity index (χ1) is 9.24. The fourth-order valence-corrected chi connectivity index (χ4v) is 3.94. The molecular weight excluding hydrogens is 234 g/mol. The molecule has 110 valence electrons. The maximum Gasteiger partial charge on any atom is 0.0224 e. The molecule has 2 heterocycles. The largest absolute Gasteiger partial charge is 0.314 e. The highest BCUT2D eigenvalue weighted by atomic mass is 15.3. The van der Waals surface area contributed by atoms with Gasteiger partial charge in [0.2, 0.25) is 0 Å². The van der Waals surface area contributed by atoms with Gasteiger partial charge in [0.1, 0.15) is 0 Å². The van der Waals surface area contributed by atoms with E-state index in [0.717, 1.165) is 24.2 Å². The molecule has 0 aromatic heterocycles. The van der Waals surface area contributed by atoms with Crippen molar-refractivity contribution in [1.29, 1.82) is 0 Å². The maximum absolute atomic E-state index is 3.66. The van der Waals surface area contributed by atoms with E-state index in [1.54, 1.807) is 0 Å². The van der Waals surface area contributed by atoms with Crippen LogP contribution in [0.1, 0.15) is 52.4 Å². The van der Waals surface area contributed by atoms with Gasteiger partial charge < -0.3 is 5.32 Å². The minimum atomic E-state index is 0.741. The number of hydrogen-bond donors (Lipinski definition) is 1. The van der Waals surface area contributed by atoms with Gasteiger partial charge in [-0.05, 0) is 59.0 Å². The highest BCUT2D eigenvalue weighted by Gasteiger charge is 2.34. The zero-order valence-electron chi connectivity index (χ0n) is 12.8. The van der Waals surface area contributed by atoms with E-state index in [-0.39, 0.29) is 0 Å². The Morgan fingerprint density at radius 2 is 2.00 bits per heavy atom. The van der Waals surface area contributed by atoms with Crippen LogP contribution in [-0.4, -0.2) is 60.1 Å². The lowest BCUT2D eigenvalue weighted by atomic mass is 9.95. The van der Waals surface area contributed by atoms with Gasteiger partial charge in [0.25, 0.3) is 0 Å². The number of nitrogens with one attached hydrogen (secondary N) is 1. The molecule has 2 saturated heterocycles. The summed E-state index contributed by atoms with van der Waals surface area (Å²) in [4.78, 5) is 5.53. The van der Waals surface area contributed by atoms with Crippen molar-refractivity contribution in [3.8, 4) is 0 Å². The second-order valence-corrected chi connectivity index (χ2v) is 7.06. The van der Waals surface area contributed by atoms with Crippen LogP contribution in [0.3, 0.4) is 0 Å². The summed E-state index contributed by atoms with van der Waals surface area (Å²) in [6, 6.07) is 3.19. The number of piperazine rings is 1. The molecule has 3 atom stereocenters. The van der Waals surface area contributed by atoms with Gasteiger partial charge in [0, 0.05) is 37.3 Å². The molecule has 0 aromatic carbocycles. The Balaban J connectivity index is 1.47. The van der Waals surface area contributed by atoms with E-state index in [2.05, 4.69) is 29.0 Å². The van der Waals surface area contributed by atoms with Crippen molar-refractivity contribution in [1.82, 2.24) is 15.1 Å². The lowest BCUT2D eigenvalue weighted by Crippen LogP contribution is -2.60. The van der Waals surface area contributed by atoms with Crippen molar-refractivity contribution < 1.29 is 0 Å². The molecule has 1 N–H and O–H groups in total. The highest BCUT2D eigenvalue weighted by molar-refractivity contribution is 4.91. The predicted octanol–water partition coefficient (Wildman–Crippen LogP) is 2.08. The Morgan fingerprint density at radius 3 is 2.79 bits per heavy atom. The van der Waals surface area contributed by atoms with Crippen molar-refractivity contribution >= 4 is 0 Å². The number of nitrogens with zero attached hydrogens (tertiary/aromatic N) is 2. The molecule has 3 nitrogen and oxygen atoms in total. The highest BCUT2D eigenvalue weighted by Crippen LogP contribution is 2.26. The second kappa shape index (κ2) is 6.11. The third-order valence-corrected chi connectivity index (χ3v) is 5.37. The van der Waals surface area contributed by atoms with Crippen LogP contribution in [-0.2, 0) is 0 Å². The lowest BCUT2D eigenvalue weighted by molar-refractivity contribution is -0.00552. The Bertz CT molecular complexity index is 290. The quantitative estimate of drug-likeness (QED) is 0.821. The van der Waals surface area contributed by atoms with Crippen LogP contribution in [0.15, 0.2) is 0 Å². The van der Waals surface area contributed by atoms with Crippen molar-refractivity contribution in [2.45, 2.75) is 76.5 Å². The molecular formula is C16H31N3. The smallest absolute Gasteiger partial charge is 0.0224 e.